The van der Waals surface area contributed by atoms with E-state index in [1.165, 1.54) is 14.0 Å². The normalized spacial score (nSPS) is 34.4. The quantitative estimate of drug-likeness (QED) is 0.149. The number of aliphatic carboxylic acids is 2. The summed E-state index contributed by atoms with van der Waals surface area (Å²) in [5.74, 6) is -7.60. The van der Waals surface area contributed by atoms with Crippen LogP contribution in [0.1, 0.15) is 87.3 Å². The Morgan fingerprint density at radius 1 is 1.01 bits per heavy atom. The number of aromatic hydroxyl groups is 1. The van der Waals surface area contributed by atoms with E-state index in [-0.39, 0.29) is 44.0 Å². The maximum atomic E-state index is 14.9. The molecule has 0 aromatic carbocycles. The van der Waals surface area contributed by atoms with Crippen LogP contribution >= 0.6 is 0 Å². The number of Topliss-reactive ketones (excluding diaryl/α,β-unsaturated/α-hetero) is 2. The van der Waals surface area contributed by atoms with Crippen LogP contribution in [0.5, 0.6) is 5.75 Å². The standard InChI is InChI=1S/C44H65N5O11.C4H4O4.H2/c1-13-32-44(9)38(49(42(55)60-44)28-19-48(20-28)21-29-33-30(15-14-16-45-33)46-27(7)36(29)52)24(4)34(50)22(2)18-43(8,56-12)39(25(5)35(51)26(6)40(54)58-32)59-41-37(53)31(47(10)11)17-23(3)57-41;5-3(6)1-2-4(7)8;/h14-16,22-26,28,31-32,37-39,41,52-53H,13,17-21H2,1-12H3;1-2H,(H,5,6)(H,7,8);1H/b;2-1+;/t22-,23-,24+,25+,26-,31+,32-,37-,38-,39-,41+,43-,44-;;/m1../s1. The smallest absolute Gasteiger partial charge is 0.411 e. The van der Waals surface area contributed by atoms with Crippen molar-refractivity contribution in [2.45, 2.75) is 148 Å². The molecule has 68 heavy (non-hydrogen) atoms. The molecule has 0 saturated carbocycles. The van der Waals surface area contributed by atoms with Crippen LogP contribution in [0.4, 0.5) is 4.79 Å². The molecule has 4 aliphatic heterocycles. The van der Waals surface area contributed by atoms with Gasteiger partial charge >= 0.3 is 24.0 Å². The fourth-order valence-electron chi connectivity index (χ4n) is 10.4. The lowest BCUT2D eigenvalue weighted by molar-refractivity contribution is -0.295. The predicted octanol–water partition coefficient (Wildman–Crippen LogP) is 3.99. The Kier molecular flexibility index (Phi) is 17.2. The maximum Gasteiger partial charge on any atom is 0.411 e. The van der Waals surface area contributed by atoms with Gasteiger partial charge < -0.3 is 49.0 Å². The molecule has 1 amide bonds. The summed E-state index contributed by atoms with van der Waals surface area (Å²) in [4.78, 5) is 91.1. The summed E-state index contributed by atoms with van der Waals surface area (Å²) in [6.07, 6.45) is -1.50. The molecule has 0 radical (unpaired) electrons. The highest BCUT2D eigenvalue weighted by Crippen LogP contribution is 2.45. The number of esters is 1. The fraction of sp³-hybridized carbons (Fsp3) is 0.667. The van der Waals surface area contributed by atoms with Gasteiger partial charge in [0.2, 0.25) is 0 Å². The zero-order valence-electron chi connectivity index (χ0n) is 41.1. The van der Waals surface area contributed by atoms with Crippen molar-refractivity contribution in [1.82, 2.24) is 24.7 Å². The minimum absolute atomic E-state index is 0. The zero-order chi connectivity index (χ0) is 50.7. The zero-order valence-corrected chi connectivity index (χ0v) is 41.1. The minimum atomic E-state index is -1.46. The van der Waals surface area contributed by atoms with Gasteiger partial charge in [0.15, 0.2) is 17.7 Å². The van der Waals surface area contributed by atoms with Crippen molar-refractivity contribution >= 4 is 46.6 Å². The molecule has 0 unspecified atom stereocenters. The largest absolute Gasteiger partial charge is 0.506 e. The van der Waals surface area contributed by atoms with E-state index in [1.807, 2.05) is 38.9 Å². The SMILES string of the molecule is CC[C@H]1OC(=O)[C@H](C)C(=O)[C@H](C)[C@@H](O[C@@H]2O[C@H](C)C[C@H](N(C)C)[C@H]2O)[C@](C)(OC)C[C@@H](C)C(=O)[C@H](C)[C@H]2N(C3CN(Cc4c(O)c(C)nc5cccnc45)C3)C(=O)O[C@]12C.O=C(O)/C=C/C(=O)O.[HH]. The van der Waals surface area contributed by atoms with Crippen molar-refractivity contribution < 1.29 is 74.3 Å². The number of ketones is 2. The van der Waals surface area contributed by atoms with Crippen LogP contribution in [0.25, 0.3) is 11.0 Å². The van der Waals surface area contributed by atoms with Crippen molar-refractivity contribution in [1.29, 1.82) is 0 Å². The van der Waals surface area contributed by atoms with Gasteiger partial charge in [0.25, 0.3) is 0 Å². The van der Waals surface area contributed by atoms with Crippen molar-refractivity contribution in [3.05, 3.63) is 41.7 Å². The first kappa shape index (κ1) is 53.8. The number of carboxylic acids is 2. The number of ether oxygens (including phenoxy) is 5. The molecule has 13 atom stereocenters. The molecule has 20 nitrogen and oxygen atoms in total. The van der Waals surface area contributed by atoms with Crippen LogP contribution in [0.15, 0.2) is 30.5 Å². The molecule has 4 aliphatic rings. The molecule has 2 aromatic heterocycles. The number of hydrogen-bond acceptors (Lipinski definition) is 17. The third-order valence-electron chi connectivity index (χ3n) is 14.2. The van der Waals surface area contributed by atoms with Gasteiger partial charge in [0.1, 0.15) is 29.7 Å². The van der Waals surface area contributed by atoms with Crippen LogP contribution < -0.4 is 0 Å². The second-order valence-corrected chi connectivity index (χ2v) is 19.3. The van der Waals surface area contributed by atoms with E-state index in [2.05, 4.69) is 14.9 Å². The van der Waals surface area contributed by atoms with E-state index < -0.39 is 95.3 Å². The molecule has 4 N–H and O–H groups in total. The van der Waals surface area contributed by atoms with Gasteiger partial charge in [-0.1, -0.05) is 27.7 Å². The van der Waals surface area contributed by atoms with Gasteiger partial charge in [-0.25, -0.2) is 19.4 Å². The average molecular weight is 958 g/mol. The van der Waals surface area contributed by atoms with Crippen molar-refractivity contribution in [2.24, 2.45) is 23.7 Å². The first-order chi connectivity index (χ1) is 31.8. The van der Waals surface area contributed by atoms with E-state index in [1.54, 1.807) is 58.7 Å². The minimum Gasteiger partial charge on any atom is -0.506 e. The van der Waals surface area contributed by atoms with E-state index in [4.69, 9.17) is 33.9 Å². The molecule has 378 valence electrons. The summed E-state index contributed by atoms with van der Waals surface area (Å²) in [7, 11) is 5.22. The van der Waals surface area contributed by atoms with E-state index in [0.29, 0.717) is 60.5 Å². The lowest BCUT2D eigenvalue weighted by Gasteiger charge is -2.48. The number of carbonyl (C=O) groups is 6. The third kappa shape index (κ3) is 11.2. The molecule has 0 spiro atoms. The number of aryl methyl sites for hydroxylation is 1. The van der Waals surface area contributed by atoms with Gasteiger partial charge in [-0.05, 0) is 80.1 Å². The Labute approximate surface area is 398 Å². The van der Waals surface area contributed by atoms with Crippen LogP contribution in [-0.4, -0.2) is 175 Å². The fourth-order valence-corrected chi connectivity index (χ4v) is 10.4. The summed E-state index contributed by atoms with van der Waals surface area (Å²) < 4.78 is 31.4. The summed E-state index contributed by atoms with van der Waals surface area (Å²) in [6.45, 7) is 16.8. The highest BCUT2D eigenvalue weighted by Gasteiger charge is 2.62. The molecular weight excluding hydrogens is 887 g/mol. The lowest BCUT2D eigenvalue weighted by Crippen LogP contribution is -2.65. The number of hydrogen-bond donors (Lipinski definition) is 4. The average Bonchev–Trinajstić information content (AvgIpc) is 3.54. The highest BCUT2D eigenvalue weighted by atomic mass is 16.7. The number of carbonyl (C=O) groups excluding carboxylic acids is 4. The van der Waals surface area contributed by atoms with Crippen LogP contribution in [0.2, 0.25) is 0 Å². The Morgan fingerprint density at radius 3 is 2.22 bits per heavy atom. The highest BCUT2D eigenvalue weighted by molar-refractivity contribution is 6.00. The Bertz CT molecular complexity index is 2230. The van der Waals surface area contributed by atoms with Crippen molar-refractivity contribution in [2.75, 3.05) is 34.3 Å². The van der Waals surface area contributed by atoms with Gasteiger partial charge in [-0.3, -0.25) is 29.2 Å². The lowest BCUT2D eigenvalue weighted by atomic mass is 9.73. The molecule has 6 rings (SSSR count). The molecule has 4 saturated heterocycles. The van der Waals surface area contributed by atoms with Crippen LogP contribution in [0.3, 0.4) is 0 Å². The van der Waals surface area contributed by atoms with Gasteiger partial charge in [0.05, 0.1) is 46.6 Å². The number of likely N-dealkylation sites (N-methyl/N-ethyl adjacent to an activating group) is 1. The number of nitrogens with zero attached hydrogens (tertiary/aromatic N) is 5. The predicted molar refractivity (Wildman–Crippen MR) is 246 cm³/mol. The summed E-state index contributed by atoms with van der Waals surface area (Å²) >= 11 is 0. The van der Waals surface area contributed by atoms with Gasteiger partial charge in [-0.2, -0.15) is 0 Å². The monoisotopic (exact) mass is 957 g/mol. The molecule has 2 aromatic rings. The van der Waals surface area contributed by atoms with Gasteiger partial charge in [0, 0.05) is 75.9 Å². The number of aliphatic hydroxyl groups is 1. The number of pyridine rings is 2. The molecule has 6 heterocycles. The van der Waals surface area contributed by atoms with E-state index in [9.17, 15) is 39.0 Å². The second kappa shape index (κ2) is 21.7. The Balaban J connectivity index is 0.00000106. The number of rotatable bonds is 10. The maximum absolute atomic E-state index is 14.9. The molecular formula is C48H71N5O15. The number of aromatic nitrogens is 2. The number of fused-ring (bicyclic) bond motifs is 2. The molecule has 0 bridgehead atoms. The van der Waals surface area contributed by atoms with E-state index >= 15 is 0 Å². The number of aliphatic hydroxyl groups excluding tert-OH is 1. The molecule has 20 heteroatoms. The molecule has 0 aliphatic carbocycles. The molecule has 4 fully saturated rings. The number of cyclic esters (lactones) is 1. The Morgan fingerprint density at radius 2 is 1.65 bits per heavy atom. The van der Waals surface area contributed by atoms with Crippen molar-refractivity contribution in [3.8, 4) is 5.75 Å². The number of methoxy groups -OCH3 is 1. The van der Waals surface area contributed by atoms with E-state index in [0.717, 1.165) is 0 Å². The topological polar surface area (TPSA) is 265 Å². The first-order valence-electron chi connectivity index (χ1n) is 23.1. The third-order valence-corrected chi connectivity index (χ3v) is 14.2. The second-order valence-electron chi connectivity index (χ2n) is 19.3. The van der Waals surface area contributed by atoms with Crippen LogP contribution in [0, 0.1) is 30.6 Å². The summed E-state index contributed by atoms with van der Waals surface area (Å²) in [6, 6.07) is 2.12. The number of carboxylic acid groups (broad SMARTS) is 2. The number of amides is 1. The Hall–Kier alpha value is -5.12. The van der Waals surface area contributed by atoms with Crippen molar-refractivity contribution in [3.63, 3.8) is 0 Å². The van der Waals surface area contributed by atoms with Crippen LogP contribution in [-0.2, 0) is 54.2 Å². The van der Waals surface area contributed by atoms with Gasteiger partial charge in [-0.15, -0.1) is 0 Å². The first-order valence-corrected chi connectivity index (χ1v) is 23.1. The number of likely N-dealkylation sites (tertiary alicyclic amines) is 1. The summed E-state index contributed by atoms with van der Waals surface area (Å²) in [5, 5.41) is 38.1. The summed E-state index contributed by atoms with van der Waals surface area (Å²) in [5.41, 5.74) is -0.367.